The minimum Gasteiger partial charge on any atom is -0.394 e. The first-order valence-electron chi connectivity index (χ1n) is 9.62. The largest absolute Gasteiger partial charge is 0.394 e. The van der Waals surface area contributed by atoms with Crippen molar-refractivity contribution in [3.8, 4) is 11.4 Å². The number of halogens is 2. The van der Waals surface area contributed by atoms with E-state index in [1.165, 1.54) is 26.2 Å². The van der Waals surface area contributed by atoms with Crippen LogP contribution in [0.15, 0.2) is 30.7 Å². The number of nitrogens with one attached hydrogen (secondary N) is 2. The molecule has 3 heterocycles. The summed E-state index contributed by atoms with van der Waals surface area (Å²) < 4.78 is 15.6. The van der Waals surface area contributed by atoms with Gasteiger partial charge in [-0.15, -0.1) is 0 Å². The monoisotopic (exact) mass is 450 g/mol. The van der Waals surface area contributed by atoms with E-state index in [0.717, 1.165) is 0 Å². The highest BCUT2D eigenvalue weighted by Crippen LogP contribution is 2.25. The molecule has 3 aromatic heterocycles. The standard InChI is InChI=1S/C20H24ClFN6O3/c1-11(10-29)27-14-5-15(16-8-24-18-4-12(21)6-26-28(16)18)23-7-13(14)19(30)25-9-17(22)20(2,3)31/h4-8,11,17,29,31H,9-10H2,1-3H3,(H,23,27)(H,25,30). The third-order valence-electron chi connectivity index (χ3n) is 4.62. The summed E-state index contributed by atoms with van der Waals surface area (Å²) in [5, 5.41) is 29.3. The van der Waals surface area contributed by atoms with Gasteiger partial charge in [0.25, 0.3) is 5.91 Å². The van der Waals surface area contributed by atoms with E-state index in [1.54, 1.807) is 29.8 Å². The summed E-state index contributed by atoms with van der Waals surface area (Å²) in [7, 11) is 0. The minimum atomic E-state index is -1.65. The predicted molar refractivity (Wildman–Crippen MR) is 115 cm³/mol. The van der Waals surface area contributed by atoms with Crippen LogP contribution in [0.1, 0.15) is 31.1 Å². The number of pyridine rings is 1. The van der Waals surface area contributed by atoms with Crippen molar-refractivity contribution >= 4 is 28.8 Å². The maximum atomic E-state index is 14.0. The number of alkyl halides is 1. The molecule has 3 aromatic rings. The van der Waals surface area contributed by atoms with E-state index in [-0.39, 0.29) is 24.8 Å². The van der Waals surface area contributed by atoms with Gasteiger partial charge in [0, 0.05) is 18.3 Å². The number of carbonyl (C=O) groups excluding carboxylic acids is 1. The highest BCUT2D eigenvalue weighted by atomic mass is 35.5. The first kappa shape index (κ1) is 22.9. The fraction of sp³-hybridized carbons (Fsp3) is 0.400. The van der Waals surface area contributed by atoms with E-state index in [1.807, 2.05) is 0 Å². The van der Waals surface area contributed by atoms with Gasteiger partial charge in [-0.1, -0.05) is 11.6 Å². The van der Waals surface area contributed by atoms with E-state index in [4.69, 9.17) is 11.6 Å². The molecule has 4 N–H and O–H groups in total. The van der Waals surface area contributed by atoms with Crippen LogP contribution in [0.5, 0.6) is 0 Å². The Morgan fingerprint density at radius 2 is 2.03 bits per heavy atom. The first-order valence-corrected chi connectivity index (χ1v) is 9.99. The van der Waals surface area contributed by atoms with Gasteiger partial charge in [0.2, 0.25) is 0 Å². The smallest absolute Gasteiger partial charge is 0.255 e. The number of aliphatic hydroxyl groups excluding tert-OH is 1. The Bertz CT molecular complexity index is 1080. The molecule has 0 spiro atoms. The molecular weight excluding hydrogens is 427 g/mol. The minimum absolute atomic E-state index is 0.164. The van der Waals surface area contributed by atoms with Crippen molar-refractivity contribution in [1.82, 2.24) is 24.9 Å². The lowest BCUT2D eigenvalue weighted by molar-refractivity contribution is -0.00177. The van der Waals surface area contributed by atoms with Gasteiger partial charge in [-0.3, -0.25) is 9.78 Å². The van der Waals surface area contributed by atoms with Crippen molar-refractivity contribution < 1.29 is 19.4 Å². The second kappa shape index (κ2) is 9.13. The zero-order valence-corrected chi connectivity index (χ0v) is 18.1. The molecule has 0 bridgehead atoms. The van der Waals surface area contributed by atoms with E-state index in [9.17, 15) is 19.4 Å². The molecule has 0 fully saturated rings. The lowest BCUT2D eigenvalue weighted by atomic mass is 10.0. The molecule has 0 aliphatic rings. The summed E-state index contributed by atoms with van der Waals surface area (Å²) >= 11 is 5.96. The average molecular weight is 451 g/mol. The molecule has 0 radical (unpaired) electrons. The Hall–Kier alpha value is -2.82. The van der Waals surface area contributed by atoms with Gasteiger partial charge in [-0.2, -0.15) is 5.10 Å². The van der Waals surface area contributed by atoms with Crippen LogP contribution in [0.2, 0.25) is 5.02 Å². The number of aromatic nitrogens is 4. The Balaban J connectivity index is 1.94. The summed E-state index contributed by atoms with van der Waals surface area (Å²) in [5.74, 6) is -0.568. The van der Waals surface area contributed by atoms with E-state index in [0.29, 0.717) is 27.7 Å². The number of rotatable bonds is 8. The lowest BCUT2D eigenvalue weighted by Crippen LogP contribution is -2.42. The predicted octanol–water partition coefficient (Wildman–Crippen LogP) is 2.08. The van der Waals surface area contributed by atoms with Gasteiger partial charge in [-0.05, 0) is 26.8 Å². The molecule has 2 unspecified atom stereocenters. The number of imidazole rings is 1. The summed E-state index contributed by atoms with van der Waals surface area (Å²) in [6.45, 7) is 3.86. The lowest BCUT2D eigenvalue weighted by Gasteiger charge is -2.23. The molecule has 31 heavy (non-hydrogen) atoms. The molecule has 0 aliphatic heterocycles. The van der Waals surface area contributed by atoms with E-state index >= 15 is 0 Å². The Morgan fingerprint density at radius 1 is 1.29 bits per heavy atom. The third-order valence-corrected chi connectivity index (χ3v) is 4.83. The average Bonchev–Trinajstić information content (AvgIpc) is 3.13. The molecular formula is C20H24ClFN6O3. The first-order chi connectivity index (χ1) is 14.6. The van der Waals surface area contributed by atoms with Crippen molar-refractivity contribution in [2.24, 2.45) is 0 Å². The molecule has 0 saturated carbocycles. The Kier molecular flexibility index (Phi) is 6.73. The van der Waals surface area contributed by atoms with Gasteiger partial charge in [0.1, 0.15) is 11.9 Å². The molecule has 11 heteroatoms. The third kappa shape index (κ3) is 5.27. The van der Waals surface area contributed by atoms with Gasteiger partial charge in [0.05, 0.1) is 53.1 Å². The van der Waals surface area contributed by atoms with Crippen LogP contribution in [-0.4, -0.2) is 66.7 Å². The SMILES string of the molecule is CC(CO)Nc1cc(-c2cnc3cc(Cl)cnn23)ncc1C(=O)NCC(F)C(C)(C)O. The van der Waals surface area contributed by atoms with Crippen LogP contribution in [0, 0.1) is 0 Å². The fourth-order valence-corrected chi connectivity index (χ4v) is 2.90. The zero-order valence-electron chi connectivity index (χ0n) is 17.3. The number of amides is 1. The second-order valence-corrected chi connectivity index (χ2v) is 8.20. The van der Waals surface area contributed by atoms with Crippen molar-refractivity contribution in [3.63, 3.8) is 0 Å². The van der Waals surface area contributed by atoms with Crippen LogP contribution in [-0.2, 0) is 0 Å². The number of aliphatic hydroxyl groups is 2. The number of nitrogens with zero attached hydrogens (tertiary/aromatic N) is 4. The van der Waals surface area contributed by atoms with Gasteiger partial charge in [-0.25, -0.2) is 13.9 Å². The van der Waals surface area contributed by atoms with Gasteiger partial charge in [0.15, 0.2) is 5.65 Å². The van der Waals surface area contributed by atoms with Crippen LogP contribution in [0.3, 0.4) is 0 Å². The highest BCUT2D eigenvalue weighted by Gasteiger charge is 2.27. The molecule has 0 aliphatic carbocycles. The number of anilines is 1. The summed E-state index contributed by atoms with van der Waals surface area (Å²) in [6.07, 6.45) is 2.76. The molecule has 9 nitrogen and oxygen atoms in total. The Labute approximate surface area is 183 Å². The molecule has 2 atom stereocenters. The second-order valence-electron chi connectivity index (χ2n) is 7.76. The maximum Gasteiger partial charge on any atom is 0.255 e. The summed E-state index contributed by atoms with van der Waals surface area (Å²) in [5.41, 5.74) is 0.560. The Morgan fingerprint density at radius 3 is 2.71 bits per heavy atom. The number of carbonyl (C=O) groups is 1. The molecule has 0 aromatic carbocycles. The quantitative estimate of drug-likeness (QED) is 0.414. The number of hydrogen-bond donors (Lipinski definition) is 4. The van der Waals surface area contributed by atoms with Crippen molar-refractivity contribution in [2.45, 2.75) is 38.6 Å². The molecule has 0 saturated heterocycles. The summed E-state index contributed by atoms with van der Waals surface area (Å²) in [4.78, 5) is 21.3. The normalized spacial score (nSPS) is 13.8. The van der Waals surface area contributed by atoms with Crippen LogP contribution in [0.25, 0.3) is 17.0 Å². The van der Waals surface area contributed by atoms with Crippen LogP contribution < -0.4 is 10.6 Å². The van der Waals surface area contributed by atoms with Crippen molar-refractivity contribution in [3.05, 3.63) is 41.3 Å². The van der Waals surface area contributed by atoms with Crippen molar-refractivity contribution in [2.75, 3.05) is 18.5 Å². The topological polar surface area (TPSA) is 125 Å². The van der Waals surface area contributed by atoms with Crippen molar-refractivity contribution in [1.29, 1.82) is 0 Å². The van der Waals surface area contributed by atoms with Gasteiger partial charge >= 0.3 is 0 Å². The zero-order chi connectivity index (χ0) is 22.8. The molecule has 1 amide bonds. The number of hydrogen-bond acceptors (Lipinski definition) is 7. The van der Waals surface area contributed by atoms with E-state index < -0.39 is 17.7 Å². The van der Waals surface area contributed by atoms with Gasteiger partial charge < -0.3 is 20.8 Å². The van der Waals surface area contributed by atoms with Crippen LogP contribution in [0.4, 0.5) is 10.1 Å². The summed E-state index contributed by atoms with van der Waals surface area (Å²) in [6, 6.07) is 2.93. The van der Waals surface area contributed by atoms with Crippen LogP contribution >= 0.6 is 11.6 Å². The maximum absolute atomic E-state index is 14.0. The fourth-order valence-electron chi connectivity index (χ4n) is 2.76. The molecule has 166 valence electrons. The van der Waals surface area contributed by atoms with E-state index in [2.05, 4.69) is 25.7 Å². The molecule has 3 rings (SSSR count). The number of fused-ring (bicyclic) bond motifs is 1. The highest BCUT2D eigenvalue weighted by molar-refractivity contribution is 6.30.